The number of hydrogen-bond donors (Lipinski definition) is 0. The summed E-state index contributed by atoms with van der Waals surface area (Å²) in [6.07, 6.45) is -0.410. The first-order valence-electron chi connectivity index (χ1n) is 10.4. The fraction of sp³-hybridized carbons (Fsp3) is 0.696. The fourth-order valence-corrected chi connectivity index (χ4v) is 4.64. The summed E-state index contributed by atoms with van der Waals surface area (Å²) >= 11 is 0. The molecule has 0 radical (unpaired) electrons. The highest BCUT2D eigenvalue weighted by molar-refractivity contribution is 6.74. The molecule has 2 rings (SSSR count). The fourth-order valence-electron chi connectivity index (χ4n) is 3.22. The summed E-state index contributed by atoms with van der Waals surface area (Å²) in [5, 5.41) is 0.0423. The van der Waals surface area contributed by atoms with Crippen molar-refractivity contribution < 1.29 is 23.4 Å². The molecule has 0 unspecified atom stereocenters. The molecule has 1 aliphatic heterocycles. The van der Waals surface area contributed by atoms with Crippen molar-refractivity contribution in [3.63, 3.8) is 0 Å². The Hall–Kier alpha value is -1.21. The lowest BCUT2D eigenvalue weighted by Crippen LogP contribution is -2.52. The first-order valence-corrected chi connectivity index (χ1v) is 13.3. The van der Waals surface area contributed by atoms with Gasteiger partial charge in [-0.1, -0.05) is 51.1 Å². The van der Waals surface area contributed by atoms with Crippen LogP contribution in [0.4, 0.5) is 0 Å². The second-order valence-corrected chi connectivity index (χ2v) is 14.7. The maximum absolute atomic E-state index is 12.6. The third-order valence-corrected chi connectivity index (χ3v) is 10.8. The minimum atomic E-state index is -2.09. The Balaban J connectivity index is 2.05. The molecular weight excluding hydrogens is 384 g/mol. The van der Waals surface area contributed by atoms with E-state index < -0.39 is 19.8 Å². The van der Waals surface area contributed by atoms with E-state index in [-0.39, 0.29) is 23.2 Å². The van der Waals surface area contributed by atoms with E-state index in [0.29, 0.717) is 19.6 Å². The molecular formula is C23H38O5Si. The molecule has 0 N–H and O–H groups in total. The van der Waals surface area contributed by atoms with Gasteiger partial charge in [0.15, 0.2) is 14.4 Å². The lowest BCUT2D eigenvalue weighted by Gasteiger charge is -2.42. The maximum atomic E-state index is 12.6. The van der Waals surface area contributed by atoms with E-state index in [2.05, 4.69) is 33.9 Å². The largest absolute Gasteiger partial charge is 0.456 e. The predicted molar refractivity (Wildman–Crippen MR) is 117 cm³/mol. The van der Waals surface area contributed by atoms with Crippen molar-refractivity contribution in [2.24, 2.45) is 5.41 Å². The second-order valence-electron chi connectivity index (χ2n) is 9.99. The Morgan fingerprint density at radius 3 is 2.34 bits per heavy atom. The second kappa shape index (κ2) is 9.29. The minimum Gasteiger partial charge on any atom is -0.456 e. The molecule has 0 bridgehead atoms. The molecule has 164 valence electrons. The van der Waals surface area contributed by atoms with E-state index in [1.165, 1.54) is 0 Å². The standard InChI is InChI=1S/C23H38O5Si/c1-22(2,3)29(7,8)28-20-19(27-21(24)23(20,4)5)18(25-6)14-15-26-16-17-12-10-9-11-13-17/h9-13,18-20H,14-16H2,1-8H3/t18-,19+,20-/m0/s1. The summed E-state index contributed by atoms with van der Waals surface area (Å²) in [6.45, 7) is 15.9. The van der Waals surface area contributed by atoms with Gasteiger partial charge in [-0.05, 0) is 37.5 Å². The number of esters is 1. The summed E-state index contributed by atoms with van der Waals surface area (Å²) in [7, 11) is -0.433. The van der Waals surface area contributed by atoms with Crippen LogP contribution >= 0.6 is 0 Å². The zero-order valence-corrected chi connectivity index (χ0v) is 20.3. The third kappa shape index (κ3) is 5.69. The van der Waals surface area contributed by atoms with Crippen LogP contribution in [0.15, 0.2) is 30.3 Å². The van der Waals surface area contributed by atoms with Crippen LogP contribution in [0.3, 0.4) is 0 Å². The van der Waals surface area contributed by atoms with Gasteiger partial charge in [0, 0.05) is 20.1 Å². The van der Waals surface area contributed by atoms with Crippen LogP contribution in [0.2, 0.25) is 18.1 Å². The Morgan fingerprint density at radius 2 is 1.79 bits per heavy atom. The molecule has 1 saturated heterocycles. The van der Waals surface area contributed by atoms with Gasteiger partial charge in [0.25, 0.3) is 0 Å². The monoisotopic (exact) mass is 422 g/mol. The van der Waals surface area contributed by atoms with Crippen LogP contribution in [-0.2, 0) is 30.0 Å². The lowest BCUT2D eigenvalue weighted by atomic mass is 9.85. The smallest absolute Gasteiger partial charge is 0.314 e. The molecule has 5 nitrogen and oxygen atoms in total. The van der Waals surface area contributed by atoms with Crippen LogP contribution in [0.1, 0.15) is 46.6 Å². The molecule has 1 fully saturated rings. The van der Waals surface area contributed by atoms with Crippen LogP contribution in [0.25, 0.3) is 0 Å². The predicted octanol–water partition coefficient (Wildman–Crippen LogP) is 4.95. The van der Waals surface area contributed by atoms with Crippen molar-refractivity contribution >= 4 is 14.3 Å². The van der Waals surface area contributed by atoms with Crippen molar-refractivity contribution in [3.8, 4) is 0 Å². The van der Waals surface area contributed by atoms with Crippen molar-refractivity contribution in [2.75, 3.05) is 13.7 Å². The Bertz CT molecular complexity index is 666. The maximum Gasteiger partial charge on any atom is 0.314 e. The third-order valence-electron chi connectivity index (χ3n) is 6.33. The molecule has 1 aliphatic rings. The number of benzene rings is 1. The van der Waals surface area contributed by atoms with Crippen molar-refractivity contribution in [1.29, 1.82) is 0 Å². The zero-order chi connectivity index (χ0) is 21.9. The van der Waals surface area contributed by atoms with E-state index in [1.807, 2.05) is 44.2 Å². The van der Waals surface area contributed by atoms with E-state index in [9.17, 15) is 4.79 Å². The van der Waals surface area contributed by atoms with E-state index in [1.54, 1.807) is 7.11 Å². The normalized spacial score (nSPS) is 23.1. The number of hydrogen-bond acceptors (Lipinski definition) is 5. The quantitative estimate of drug-likeness (QED) is 0.320. The van der Waals surface area contributed by atoms with Crippen molar-refractivity contribution in [1.82, 2.24) is 0 Å². The average molecular weight is 423 g/mol. The van der Waals surface area contributed by atoms with Crippen molar-refractivity contribution in [2.45, 2.75) is 84.1 Å². The van der Waals surface area contributed by atoms with Gasteiger partial charge in [-0.15, -0.1) is 0 Å². The van der Waals surface area contributed by atoms with Crippen LogP contribution in [0, 0.1) is 5.41 Å². The molecule has 0 aromatic heterocycles. The van der Waals surface area contributed by atoms with E-state index in [4.69, 9.17) is 18.6 Å². The molecule has 29 heavy (non-hydrogen) atoms. The molecule has 6 heteroatoms. The van der Waals surface area contributed by atoms with Gasteiger partial charge in [-0.25, -0.2) is 0 Å². The van der Waals surface area contributed by atoms with Crippen molar-refractivity contribution in [3.05, 3.63) is 35.9 Å². The summed E-state index contributed by atoms with van der Waals surface area (Å²) in [5.41, 5.74) is 0.427. The summed E-state index contributed by atoms with van der Waals surface area (Å²) < 4.78 is 24.1. The van der Waals surface area contributed by atoms with Gasteiger partial charge >= 0.3 is 5.97 Å². The summed E-state index contributed by atoms with van der Waals surface area (Å²) in [6, 6.07) is 10.1. The van der Waals surface area contributed by atoms with Gasteiger partial charge in [0.1, 0.15) is 6.10 Å². The number of ether oxygens (including phenoxy) is 3. The highest BCUT2D eigenvalue weighted by atomic mass is 28.4. The molecule has 3 atom stereocenters. The number of carbonyl (C=O) groups is 1. The molecule has 1 aromatic carbocycles. The van der Waals surface area contributed by atoms with E-state index in [0.717, 1.165) is 5.56 Å². The Morgan fingerprint density at radius 1 is 1.17 bits per heavy atom. The minimum absolute atomic E-state index is 0.0423. The SMILES string of the molecule is CO[C@@H](CCOCc1ccccc1)[C@H]1OC(=O)C(C)(C)[C@H]1O[Si](C)(C)C(C)(C)C. The molecule has 0 saturated carbocycles. The van der Waals surface area contributed by atoms with Crippen LogP contribution in [-0.4, -0.2) is 46.3 Å². The topological polar surface area (TPSA) is 54.0 Å². The molecule has 1 heterocycles. The van der Waals surface area contributed by atoms with Gasteiger partial charge in [-0.3, -0.25) is 4.79 Å². The molecule has 1 aromatic rings. The highest BCUT2D eigenvalue weighted by Crippen LogP contribution is 2.44. The van der Waals surface area contributed by atoms with Gasteiger partial charge in [-0.2, -0.15) is 0 Å². The van der Waals surface area contributed by atoms with Gasteiger partial charge < -0.3 is 18.6 Å². The average Bonchev–Trinajstić information content (AvgIpc) is 2.85. The lowest BCUT2D eigenvalue weighted by molar-refractivity contribution is -0.152. The van der Waals surface area contributed by atoms with Crippen LogP contribution in [0.5, 0.6) is 0 Å². The first-order chi connectivity index (χ1) is 13.4. The Kier molecular flexibility index (Phi) is 7.71. The highest BCUT2D eigenvalue weighted by Gasteiger charge is 2.57. The zero-order valence-electron chi connectivity index (χ0n) is 19.3. The molecule has 0 amide bonds. The van der Waals surface area contributed by atoms with Crippen LogP contribution < -0.4 is 0 Å². The molecule has 0 aliphatic carbocycles. The number of rotatable bonds is 9. The summed E-state index contributed by atoms with van der Waals surface area (Å²) in [4.78, 5) is 12.6. The first kappa shape index (κ1) is 24.1. The number of cyclic esters (lactones) is 1. The Labute approximate surface area is 177 Å². The summed E-state index contributed by atoms with van der Waals surface area (Å²) in [5.74, 6) is -0.224. The number of methoxy groups -OCH3 is 1. The van der Waals surface area contributed by atoms with Gasteiger partial charge in [0.05, 0.1) is 18.1 Å². The van der Waals surface area contributed by atoms with E-state index >= 15 is 0 Å². The number of carbonyl (C=O) groups excluding carboxylic acids is 1. The molecule has 0 spiro atoms. The van der Waals surface area contributed by atoms with Gasteiger partial charge in [0.2, 0.25) is 0 Å².